The number of halogens is 1. The lowest BCUT2D eigenvalue weighted by Crippen LogP contribution is -2.01. The molecule has 0 rings (SSSR count). The molecule has 1 heteroatoms. The van der Waals surface area contributed by atoms with Crippen LogP contribution in [0.5, 0.6) is 0 Å². The molecule has 0 atom stereocenters. The van der Waals surface area contributed by atoms with Gasteiger partial charge < -0.3 is 0 Å². The molecule has 0 saturated carbocycles. The Morgan fingerprint density at radius 3 is 2.33 bits per heavy atom. The van der Waals surface area contributed by atoms with Gasteiger partial charge in [0.25, 0.3) is 0 Å². The van der Waals surface area contributed by atoms with Crippen LogP contribution in [0.25, 0.3) is 0 Å². The lowest BCUT2D eigenvalue weighted by Gasteiger charge is -2.14. The molecule has 0 fully saturated rings. The van der Waals surface area contributed by atoms with E-state index in [1.165, 1.54) is 5.57 Å². The van der Waals surface area contributed by atoms with Crippen molar-refractivity contribution < 1.29 is 0 Å². The summed E-state index contributed by atoms with van der Waals surface area (Å²) in [5.74, 6) is 0. The normalized spacial score (nSPS) is 14.2. The third-order valence-electron chi connectivity index (χ3n) is 1.51. The molecule has 0 aromatic heterocycles. The van der Waals surface area contributed by atoms with Gasteiger partial charge in [-0.3, -0.25) is 0 Å². The first-order chi connectivity index (χ1) is 5.45. The minimum Gasteiger partial charge on any atom is -0.0883 e. The Morgan fingerprint density at radius 2 is 1.92 bits per heavy atom. The predicted octanol–water partition coefficient (Wildman–Crippen LogP) is 4.32. The van der Waals surface area contributed by atoms with Crippen molar-refractivity contribution >= 4 is 15.9 Å². The van der Waals surface area contributed by atoms with E-state index in [2.05, 4.69) is 61.9 Å². The summed E-state index contributed by atoms with van der Waals surface area (Å²) in [7, 11) is 0. The average Bonchev–Trinajstić information content (AvgIpc) is 1.84. The van der Waals surface area contributed by atoms with E-state index in [-0.39, 0.29) is 0 Å². The molecule has 0 aromatic carbocycles. The molecule has 70 valence electrons. The van der Waals surface area contributed by atoms with E-state index >= 15 is 0 Å². The Bertz CT molecular complexity index is 170. The van der Waals surface area contributed by atoms with Crippen molar-refractivity contribution in [2.75, 3.05) is 5.33 Å². The highest BCUT2D eigenvalue weighted by Crippen LogP contribution is 2.19. The van der Waals surface area contributed by atoms with Crippen molar-refractivity contribution in [1.82, 2.24) is 0 Å². The third kappa shape index (κ3) is 8.06. The maximum absolute atomic E-state index is 3.37. The summed E-state index contributed by atoms with van der Waals surface area (Å²) in [6.45, 7) is 8.88. The fourth-order valence-corrected chi connectivity index (χ4v) is 1.30. The average molecular weight is 231 g/mol. The summed E-state index contributed by atoms with van der Waals surface area (Å²) in [4.78, 5) is 0. The van der Waals surface area contributed by atoms with Gasteiger partial charge in [0, 0.05) is 5.33 Å². The maximum atomic E-state index is 3.37. The molecule has 0 saturated heterocycles. The Morgan fingerprint density at radius 1 is 1.33 bits per heavy atom. The second-order valence-electron chi connectivity index (χ2n) is 4.27. The standard InChI is InChI=1S/C11H19Br/c1-10(7-9-12)6-5-8-11(2,3)4/h5-7H,8-9H2,1-4H3. The highest BCUT2D eigenvalue weighted by molar-refractivity contribution is 9.09. The van der Waals surface area contributed by atoms with Gasteiger partial charge in [-0.05, 0) is 18.8 Å². The van der Waals surface area contributed by atoms with Crippen LogP contribution in [0.2, 0.25) is 0 Å². The van der Waals surface area contributed by atoms with Gasteiger partial charge in [-0.25, -0.2) is 0 Å². The smallest absolute Gasteiger partial charge is 0.0217 e. The van der Waals surface area contributed by atoms with E-state index < -0.39 is 0 Å². The Kier molecular flexibility index (Phi) is 5.56. The molecule has 0 heterocycles. The topological polar surface area (TPSA) is 0 Å². The molecule has 0 N–H and O–H groups in total. The van der Waals surface area contributed by atoms with Gasteiger partial charge >= 0.3 is 0 Å². The molecule has 0 aliphatic carbocycles. The first-order valence-corrected chi connectivity index (χ1v) is 5.47. The molecule has 0 nitrogen and oxygen atoms in total. The first kappa shape index (κ1) is 12.0. The van der Waals surface area contributed by atoms with Crippen LogP contribution in [0.15, 0.2) is 23.8 Å². The molecular formula is C11H19Br. The molecule has 0 amide bonds. The molecule has 0 aliphatic rings. The zero-order chi connectivity index (χ0) is 9.61. The molecule has 0 aromatic rings. The minimum atomic E-state index is 0.408. The highest BCUT2D eigenvalue weighted by atomic mass is 79.9. The summed E-state index contributed by atoms with van der Waals surface area (Å²) in [6, 6.07) is 0. The largest absolute Gasteiger partial charge is 0.0883 e. The van der Waals surface area contributed by atoms with E-state index in [4.69, 9.17) is 0 Å². The third-order valence-corrected chi connectivity index (χ3v) is 1.83. The van der Waals surface area contributed by atoms with Gasteiger partial charge in [-0.15, -0.1) is 0 Å². The fraction of sp³-hybridized carbons (Fsp3) is 0.636. The summed E-state index contributed by atoms with van der Waals surface area (Å²) in [5.41, 5.74) is 1.74. The molecule has 0 bridgehead atoms. The highest BCUT2D eigenvalue weighted by Gasteiger charge is 2.05. The van der Waals surface area contributed by atoms with Gasteiger partial charge in [-0.1, -0.05) is 60.5 Å². The van der Waals surface area contributed by atoms with Crippen molar-refractivity contribution in [3.8, 4) is 0 Å². The maximum Gasteiger partial charge on any atom is 0.0217 e. The van der Waals surface area contributed by atoms with Gasteiger partial charge in [0.2, 0.25) is 0 Å². The Labute approximate surface area is 84.9 Å². The zero-order valence-electron chi connectivity index (χ0n) is 8.52. The van der Waals surface area contributed by atoms with Crippen molar-refractivity contribution in [1.29, 1.82) is 0 Å². The van der Waals surface area contributed by atoms with Crippen LogP contribution in [0.4, 0.5) is 0 Å². The lowest BCUT2D eigenvalue weighted by molar-refractivity contribution is 0.420. The molecule has 0 radical (unpaired) electrons. The molecular weight excluding hydrogens is 212 g/mol. The summed E-state index contributed by atoms with van der Waals surface area (Å²) >= 11 is 3.37. The number of alkyl halides is 1. The Balaban J connectivity index is 3.85. The first-order valence-electron chi connectivity index (χ1n) is 4.35. The molecule has 0 aliphatic heterocycles. The van der Waals surface area contributed by atoms with Crippen LogP contribution in [0.1, 0.15) is 34.1 Å². The van der Waals surface area contributed by atoms with E-state index in [1.54, 1.807) is 0 Å². The van der Waals surface area contributed by atoms with Crippen molar-refractivity contribution in [3.63, 3.8) is 0 Å². The number of hydrogen-bond acceptors (Lipinski definition) is 0. The minimum absolute atomic E-state index is 0.408. The monoisotopic (exact) mass is 230 g/mol. The van der Waals surface area contributed by atoms with Crippen LogP contribution in [-0.4, -0.2) is 5.33 Å². The van der Waals surface area contributed by atoms with Crippen LogP contribution in [0.3, 0.4) is 0 Å². The predicted molar refractivity (Wildman–Crippen MR) is 60.8 cm³/mol. The van der Waals surface area contributed by atoms with E-state index in [0.717, 1.165) is 11.8 Å². The molecule has 12 heavy (non-hydrogen) atoms. The SMILES string of the molecule is CC(C=CCC(C)(C)C)=CCBr. The Hall–Kier alpha value is -0.0400. The summed E-state index contributed by atoms with van der Waals surface area (Å²) < 4.78 is 0. The van der Waals surface area contributed by atoms with Crippen LogP contribution < -0.4 is 0 Å². The van der Waals surface area contributed by atoms with Crippen molar-refractivity contribution in [2.24, 2.45) is 5.41 Å². The van der Waals surface area contributed by atoms with Gasteiger partial charge in [-0.2, -0.15) is 0 Å². The van der Waals surface area contributed by atoms with Gasteiger partial charge in [0.15, 0.2) is 0 Å². The van der Waals surface area contributed by atoms with Gasteiger partial charge in [0.05, 0.1) is 0 Å². The van der Waals surface area contributed by atoms with Crippen molar-refractivity contribution in [2.45, 2.75) is 34.1 Å². The van der Waals surface area contributed by atoms with E-state index in [0.29, 0.717) is 5.41 Å². The number of allylic oxidation sites excluding steroid dienone is 4. The van der Waals surface area contributed by atoms with Crippen molar-refractivity contribution in [3.05, 3.63) is 23.8 Å². The molecule has 0 spiro atoms. The van der Waals surface area contributed by atoms with Crippen LogP contribution >= 0.6 is 15.9 Å². The van der Waals surface area contributed by atoms with Crippen LogP contribution in [0, 0.1) is 5.41 Å². The fourth-order valence-electron chi connectivity index (χ4n) is 0.788. The van der Waals surface area contributed by atoms with Crippen LogP contribution in [-0.2, 0) is 0 Å². The van der Waals surface area contributed by atoms with Gasteiger partial charge in [0.1, 0.15) is 0 Å². The second-order valence-corrected chi connectivity index (χ2v) is 4.92. The zero-order valence-corrected chi connectivity index (χ0v) is 10.1. The summed E-state index contributed by atoms with van der Waals surface area (Å²) in [5, 5.41) is 0.943. The number of rotatable bonds is 3. The second kappa shape index (κ2) is 5.58. The lowest BCUT2D eigenvalue weighted by atomic mass is 9.92. The number of hydrogen-bond donors (Lipinski definition) is 0. The van der Waals surface area contributed by atoms with E-state index in [1.807, 2.05) is 0 Å². The quantitative estimate of drug-likeness (QED) is 0.501. The molecule has 0 unspecified atom stereocenters. The summed E-state index contributed by atoms with van der Waals surface area (Å²) in [6.07, 6.45) is 7.74. The van der Waals surface area contributed by atoms with E-state index in [9.17, 15) is 0 Å².